The van der Waals surface area contributed by atoms with Crippen LogP contribution in [0.25, 0.3) is 0 Å². The van der Waals surface area contributed by atoms with Gasteiger partial charge in [-0.3, -0.25) is 0 Å². The Hall–Kier alpha value is -1.80. The molecule has 0 fully saturated rings. The first-order valence-electron chi connectivity index (χ1n) is 6.91. The molecule has 0 saturated carbocycles. The van der Waals surface area contributed by atoms with Crippen LogP contribution in [-0.4, -0.2) is 5.11 Å². The van der Waals surface area contributed by atoms with Gasteiger partial charge in [0.05, 0.1) is 12.6 Å². The first-order valence-corrected chi connectivity index (χ1v) is 6.91. The minimum atomic E-state index is 0.104. The fraction of sp³-hybridized carbons (Fsp3) is 0.294. The quantitative estimate of drug-likeness (QED) is 0.874. The lowest BCUT2D eigenvalue weighted by Crippen LogP contribution is -2.17. The zero-order chi connectivity index (χ0) is 13.1. The van der Waals surface area contributed by atoms with Crippen molar-refractivity contribution >= 4 is 5.69 Å². The summed E-state index contributed by atoms with van der Waals surface area (Å²) in [6, 6.07) is 17.1. The maximum Gasteiger partial charge on any atom is 0.0681 e. The molecule has 0 bridgehead atoms. The number of aliphatic hydroxyl groups excluding tert-OH is 1. The minimum absolute atomic E-state index is 0.104. The van der Waals surface area contributed by atoms with Crippen molar-refractivity contribution in [2.45, 2.75) is 31.9 Å². The number of hydrogen-bond acceptors (Lipinski definition) is 2. The standard InChI is InChI=1S/C17H19NO/c19-12-13-8-10-15(11-9-13)18-17-7-3-5-14-4-1-2-6-16(14)17/h1-2,4,6,8-11,17-19H,3,5,7,12H2. The van der Waals surface area contributed by atoms with Gasteiger partial charge in [0.2, 0.25) is 0 Å². The molecule has 2 nitrogen and oxygen atoms in total. The van der Waals surface area contributed by atoms with Gasteiger partial charge in [-0.1, -0.05) is 36.4 Å². The summed E-state index contributed by atoms with van der Waals surface area (Å²) in [6.45, 7) is 0.104. The van der Waals surface area contributed by atoms with Gasteiger partial charge in [-0.2, -0.15) is 0 Å². The Morgan fingerprint density at radius 3 is 2.63 bits per heavy atom. The summed E-state index contributed by atoms with van der Waals surface area (Å²) >= 11 is 0. The minimum Gasteiger partial charge on any atom is -0.392 e. The summed E-state index contributed by atoms with van der Waals surface area (Å²) in [6.07, 6.45) is 3.61. The topological polar surface area (TPSA) is 32.3 Å². The number of aliphatic hydroxyl groups is 1. The van der Waals surface area contributed by atoms with Crippen LogP contribution in [0.2, 0.25) is 0 Å². The van der Waals surface area contributed by atoms with E-state index in [1.165, 1.54) is 30.4 Å². The van der Waals surface area contributed by atoms with Gasteiger partial charge in [0.25, 0.3) is 0 Å². The Bertz CT molecular complexity index is 547. The number of anilines is 1. The molecule has 0 amide bonds. The maximum atomic E-state index is 9.06. The number of nitrogens with one attached hydrogen (secondary N) is 1. The Morgan fingerprint density at radius 1 is 1.05 bits per heavy atom. The molecule has 2 N–H and O–H groups in total. The molecule has 3 rings (SSSR count). The monoisotopic (exact) mass is 253 g/mol. The number of rotatable bonds is 3. The molecule has 1 aliphatic carbocycles. The third kappa shape index (κ3) is 2.64. The fourth-order valence-corrected chi connectivity index (χ4v) is 2.81. The van der Waals surface area contributed by atoms with E-state index < -0.39 is 0 Å². The van der Waals surface area contributed by atoms with E-state index in [2.05, 4.69) is 29.6 Å². The van der Waals surface area contributed by atoms with Gasteiger partial charge in [0.1, 0.15) is 0 Å². The lowest BCUT2D eigenvalue weighted by atomic mass is 9.87. The molecule has 0 aromatic heterocycles. The summed E-state index contributed by atoms with van der Waals surface area (Å²) in [5.74, 6) is 0. The van der Waals surface area contributed by atoms with Crippen molar-refractivity contribution in [3.05, 3.63) is 65.2 Å². The number of fused-ring (bicyclic) bond motifs is 1. The van der Waals surface area contributed by atoms with Crippen LogP contribution in [0.3, 0.4) is 0 Å². The van der Waals surface area contributed by atoms with Crippen LogP contribution in [0.1, 0.15) is 35.6 Å². The van der Waals surface area contributed by atoms with Crippen molar-refractivity contribution < 1.29 is 5.11 Å². The molecule has 0 aliphatic heterocycles. The average molecular weight is 253 g/mol. The highest BCUT2D eigenvalue weighted by molar-refractivity contribution is 5.48. The molecule has 2 aromatic carbocycles. The highest BCUT2D eigenvalue weighted by Gasteiger charge is 2.19. The smallest absolute Gasteiger partial charge is 0.0681 e. The summed E-state index contributed by atoms with van der Waals surface area (Å²) in [5, 5.41) is 12.7. The second-order valence-electron chi connectivity index (χ2n) is 5.14. The van der Waals surface area contributed by atoms with E-state index in [4.69, 9.17) is 5.11 Å². The summed E-state index contributed by atoms with van der Waals surface area (Å²) in [4.78, 5) is 0. The van der Waals surface area contributed by atoms with Crippen LogP contribution in [0, 0.1) is 0 Å². The van der Waals surface area contributed by atoms with Crippen LogP contribution in [0.15, 0.2) is 48.5 Å². The van der Waals surface area contributed by atoms with Crippen LogP contribution >= 0.6 is 0 Å². The van der Waals surface area contributed by atoms with Gasteiger partial charge in [0.15, 0.2) is 0 Å². The molecule has 19 heavy (non-hydrogen) atoms. The van der Waals surface area contributed by atoms with Crippen molar-refractivity contribution in [2.24, 2.45) is 0 Å². The zero-order valence-corrected chi connectivity index (χ0v) is 11.0. The zero-order valence-electron chi connectivity index (χ0n) is 11.0. The van der Waals surface area contributed by atoms with Crippen molar-refractivity contribution in [3.63, 3.8) is 0 Å². The largest absolute Gasteiger partial charge is 0.392 e. The van der Waals surface area contributed by atoms with Crippen molar-refractivity contribution in [2.75, 3.05) is 5.32 Å². The van der Waals surface area contributed by atoms with Crippen molar-refractivity contribution in [3.8, 4) is 0 Å². The van der Waals surface area contributed by atoms with Gasteiger partial charge < -0.3 is 10.4 Å². The van der Waals surface area contributed by atoms with Gasteiger partial charge in [-0.25, -0.2) is 0 Å². The summed E-state index contributed by atoms with van der Waals surface area (Å²) in [7, 11) is 0. The van der Waals surface area contributed by atoms with Crippen molar-refractivity contribution in [1.29, 1.82) is 0 Å². The third-order valence-corrected chi connectivity index (χ3v) is 3.85. The first-order chi connectivity index (χ1) is 9.36. The number of hydrogen-bond donors (Lipinski definition) is 2. The highest BCUT2D eigenvalue weighted by atomic mass is 16.3. The van der Waals surface area contributed by atoms with Gasteiger partial charge in [-0.05, 0) is 48.1 Å². The SMILES string of the molecule is OCc1ccc(NC2CCCc3ccccc32)cc1. The molecular weight excluding hydrogens is 234 g/mol. The van der Waals surface area contributed by atoms with Crippen LogP contribution < -0.4 is 5.32 Å². The molecule has 98 valence electrons. The molecular formula is C17H19NO. The maximum absolute atomic E-state index is 9.06. The predicted molar refractivity (Wildman–Crippen MR) is 78.1 cm³/mol. The molecule has 2 heteroatoms. The van der Waals surface area contributed by atoms with Crippen molar-refractivity contribution in [1.82, 2.24) is 0 Å². The van der Waals surface area contributed by atoms with E-state index >= 15 is 0 Å². The lowest BCUT2D eigenvalue weighted by molar-refractivity contribution is 0.282. The Morgan fingerprint density at radius 2 is 1.84 bits per heavy atom. The number of aryl methyl sites for hydroxylation is 1. The lowest BCUT2D eigenvalue weighted by Gasteiger charge is -2.27. The third-order valence-electron chi connectivity index (χ3n) is 3.85. The normalized spacial score (nSPS) is 17.8. The van der Waals surface area contributed by atoms with Gasteiger partial charge in [-0.15, -0.1) is 0 Å². The molecule has 1 atom stereocenters. The molecule has 0 heterocycles. The number of benzene rings is 2. The first kappa shape index (κ1) is 12.2. The van der Waals surface area contributed by atoms with E-state index in [1.54, 1.807) is 0 Å². The Balaban J connectivity index is 1.80. The molecule has 0 radical (unpaired) electrons. The second kappa shape index (κ2) is 5.45. The molecule has 0 spiro atoms. The van der Waals surface area contributed by atoms with E-state index in [0.29, 0.717) is 6.04 Å². The summed E-state index contributed by atoms with van der Waals surface area (Å²) in [5.41, 5.74) is 4.98. The van der Waals surface area contributed by atoms with Crippen LogP contribution in [-0.2, 0) is 13.0 Å². The molecule has 0 saturated heterocycles. The molecule has 1 unspecified atom stereocenters. The van der Waals surface area contributed by atoms with Crippen LogP contribution in [0.5, 0.6) is 0 Å². The fourth-order valence-electron chi connectivity index (χ4n) is 2.81. The molecule has 2 aromatic rings. The van der Waals surface area contributed by atoms with E-state index in [0.717, 1.165) is 11.3 Å². The van der Waals surface area contributed by atoms with Gasteiger partial charge >= 0.3 is 0 Å². The van der Waals surface area contributed by atoms with Gasteiger partial charge in [0, 0.05) is 5.69 Å². The highest BCUT2D eigenvalue weighted by Crippen LogP contribution is 2.32. The average Bonchev–Trinajstić information content (AvgIpc) is 2.48. The summed E-state index contributed by atoms with van der Waals surface area (Å²) < 4.78 is 0. The van der Waals surface area contributed by atoms with E-state index in [9.17, 15) is 0 Å². The Labute approximate surface area is 114 Å². The Kier molecular flexibility index (Phi) is 3.51. The van der Waals surface area contributed by atoms with E-state index in [-0.39, 0.29) is 6.61 Å². The molecule has 1 aliphatic rings. The second-order valence-corrected chi connectivity index (χ2v) is 5.14. The predicted octanol–water partition coefficient (Wildman–Crippen LogP) is 3.67. The van der Waals surface area contributed by atoms with E-state index in [1.807, 2.05) is 24.3 Å². The van der Waals surface area contributed by atoms with Crippen LogP contribution in [0.4, 0.5) is 5.69 Å².